The lowest BCUT2D eigenvalue weighted by Gasteiger charge is -2.37. The lowest BCUT2D eigenvalue weighted by Crippen LogP contribution is -2.46. The predicted octanol–water partition coefficient (Wildman–Crippen LogP) is 4.08. The summed E-state index contributed by atoms with van der Waals surface area (Å²) in [6.45, 7) is 7.68. The van der Waals surface area contributed by atoms with Gasteiger partial charge in [-0.05, 0) is 74.4 Å². The molecule has 7 rings (SSSR count). The first-order chi connectivity index (χ1) is 26.7. The second kappa shape index (κ2) is 16.4. The molecule has 2 aromatic heterocycles. The second-order valence-corrected chi connectivity index (χ2v) is 14.0. The Balaban J connectivity index is 0.915. The normalized spacial score (nSPS) is 19.7. The molecule has 4 heterocycles. The van der Waals surface area contributed by atoms with Crippen molar-refractivity contribution >= 4 is 17.3 Å². The molecule has 0 radical (unpaired) electrons. The van der Waals surface area contributed by atoms with Crippen LogP contribution in [0.2, 0.25) is 0 Å². The van der Waals surface area contributed by atoms with Gasteiger partial charge in [0.15, 0.2) is 0 Å². The lowest BCUT2D eigenvalue weighted by molar-refractivity contribution is -0.148. The molecule has 0 amide bonds. The Morgan fingerprint density at radius 2 is 1.64 bits per heavy atom. The minimum atomic E-state index is -1.03. The van der Waals surface area contributed by atoms with E-state index >= 15 is 0 Å². The third-order valence-electron chi connectivity index (χ3n) is 10.4. The van der Waals surface area contributed by atoms with Gasteiger partial charge >= 0.3 is 11.7 Å². The van der Waals surface area contributed by atoms with Gasteiger partial charge in [-0.3, -0.25) is 4.79 Å². The maximum absolute atomic E-state index is 15.0. The number of nitrogens with two attached hydrogens (primary N) is 1. The van der Waals surface area contributed by atoms with Crippen LogP contribution < -0.4 is 26.0 Å². The molecule has 55 heavy (non-hydrogen) atoms. The molecule has 4 atom stereocenters. The van der Waals surface area contributed by atoms with Crippen LogP contribution in [0.3, 0.4) is 0 Å². The van der Waals surface area contributed by atoms with Crippen LogP contribution in [0.15, 0.2) is 90.5 Å². The molecule has 2 N–H and O–H groups in total. The lowest BCUT2D eigenvalue weighted by atomic mass is 9.87. The molecule has 2 aliphatic rings. The summed E-state index contributed by atoms with van der Waals surface area (Å²) in [6, 6.07) is 19.0. The molecule has 290 valence electrons. The highest BCUT2D eigenvalue weighted by molar-refractivity contribution is 5.71. The Morgan fingerprint density at radius 3 is 2.25 bits per heavy atom. The molecule has 14 nitrogen and oxygen atoms in total. The van der Waals surface area contributed by atoms with Crippen molar-refractivity contribution in [3.8, 4) is 11.4 Å². The number of halogens is 2. The van der Waals surface area contributed by atoms with Gasteiger partial charge in [0.25, 0.3) is 0 Å². The topological polar surface area (TPSA) is 148 Å². The van der Waals surface area contributed by atoms with Crippen molar-refractivity contribution in [3.05, 3.63) is 113 Å². The fourth-order valence-corrected chi connectivity index (χ4v) is 7.56. The number of ether oxygens (including phenoxy) is 3. The minimum absolute atomic E-state index is 0.0228. The molecule has 0 bridgehead atoms. The molecule has 2 unspecified atom stereocenters. The number of anilines is 2. The van der Waals surface area contributed by atoms with Gasteiger partial charge in [-0.15, -0.1) is 0 Å². The van der Waals surface area contributed by atoms with E-state index in [0.29, 0.717) is 31.7 Å². The van der Waals surface area contributed by atoms with E-state index in [1.54, 1.807) is 17.9 Å². The van der Waals surface area contributed by atoms with E-state index in [4.69, 9.17) is 19.9 Å². The van der Waals surface area contributed by atoms with Gasteiger partial charge in [0, 0.05) is 55.1 Å². The van der Waals surface area contributed by atoms with Crippen molar-refractivity contribution < 1.29 is 27.8 Å². The highest BCUT2D eigenvalue weighted by Gasteiger charge is 2.44. The molecule has 16 heteroatoms. The van der Waals surface area contributed by atoms with E-state index < -0.39 is 35.4 Å². The van der Waals surface area contributed by atoms with Crippen LogP contribution in [0, 0.1) is 17.6 Å². The number of aromatic nitrogens is 6. The van der Waals surface area contributed by atoms with E-state index in [1.165, 1.54) is 34.0 Å². The third kappa shape index (κ3) is 8.24. The van der Waals surface area contributed by atoms with Gasteiger partial charge < -0.3 is 29.7 Å². The smallest absolute Gasteiger partial charge is 0.350 e. The summed E-state index contributed by atoms with van der Waals surface area (Å²) in [7, 11) is 0. The van der Waals surface area contributed by atoms with Crippen molar-refractivity contribution in [1.29, 1.82) is 0 Å². The van der Waals surface area contributed by atoms with Crippen LogP contribution >= 0.6 is 0 Å². The molecule has 2 fully saturated rings. The van der Waals surface area contributed by atoms with Gasteiger partial charge in [-0.25, -0.2) is 32.5 Å². The summed E-state index contributed by atoms with van der Waals surface area (Å²) in [5.41, 5.74) is 7.18. The second-order valence-electron chi connectivity index (χ2n) is 14.0. The summed E-state index contributed by atoms with van der Waals surface area (Å²) in [6.07, 6.45) is 4.91. The first-order valence-electron chi connectivity index (χ1n) is 18.5. The zero-order chi connectivity index (χ0) is 38.5. The summed E-state index contributed by atoms with van der Waals surface area (Å²) in [5.74, 6) is -1.12. The molecule has 0 saturated carbocycles. The number of hydrogen-bond donors (Lipinski definition) is 1. The number of carbonyl (C=O) groups is 1. The molecular formula is C39H45F2N9O5. The highest BCUT2D eigenvalue weighted by atomic mass is 19.1. The maximum atomic E-state index is 15.0. The monoisotopic (exact) mass is 757 g/mol. The zero-order valence-electron chi connectivity index (χ0n) is 30.8. The van der Waals surface area contributed by atoms with Crippen LogP contribution in [-0.2, 0) is 26.4 Å². The largest absolute Gasteiger partial charge is 0.493 e. The predicted molar refractivity (Wildman–Crippen MR) is 200 cm³/mol. The number of rotatable bonds is 14. The fraction of sp³-hybridized carbons (Fsp3) is 0.410. The van der Waals surface area contributed by atoms with Gasteiger partial charge in [0.05, 0.1) is 38.0 Å². The Kier molecular flexibility index (Phi) is 11.2. The Morgan fingerprint density at radius 1 is 0.964 bits per heavy atom. The standard InChI is InChI=1S/C39H45F2N9O5/c1-3-36(27(2)55-37(51)20-42)50-38(52)49(26-45-50)32-7-5-30(6-8-32)46-14-16-47(17-15-46)31-9-11-33(12-10-31)53-21-28-19-39(54-22-28,23-48-25-43-24-44-48)34-13-4-29(40)18-35(34)41/h4-13,18,24-28,36H,3,14-17,19-23,42H2,1-2H3/t27-,28?,36?,39-/m0/s1. The average Bonchev–Trinajstić information content (AvgIpc) is 3.96. The quantitative estimate of drug-likeness (QED) is 0.164. The van der Waals surface area contributed by atoms with E-state index in [-0.39, 0.29) is 30.3 Å². The van der Waals surface area contributed by atoms with E-state index in [0.717, 1.165) is 49.4 Å². The van der Waals surface area contributed by atoms with Crippen molar-refractivity contribution in [2.45, 2.75) is 51.0 Å². The van der Waals surface area contributed by atoms with Gasteiger partial charge in [0.1, 0.15) is 48.1 Å². The number of piperazine rings is 1. The van der Waals surface area contributed by atoms with E-state index in [9.17, 15) is 18.4 Å². The first-order valence-corrected chi connectivity index (χ1v) is 18.5. The summed E-state index contributed by atoms with van der Waals surface area (Å²) >= 11 is 0. The van der Waals surface area contributed by atoms with E-state index in [1.807, 2.05) is 43.3 Å². The zero-order valence-corrected chi connectivity index (χ0v) is 30.8. The molecule has 2 aliphatic heterocycles. The third-order valence-corrected chi connectivity index (χ3v) is 10.4. The maximum Gasteiger partial charge on any atom is 0.350 e. The molecule has 0 spiro atoms. The number of esters is 1. The molecule has 5 aromatic rings. The first kappa shape index (κ1) is 37.7. The Hall–Kier alpha value is -5.61. The van der Waals surface area contributed by atoms with Crippen LogP contribution in [0.4, 0.5) is 20.2 Å². The molecule has 2 saturated heterocycles. The van der Waals surface area contributed by atoms with Crippen LogP contribution in [0.1, 0.15) is 38.3 Å². The van der Waals surface area contributed by atoms with Crippen molar-refractivity contribution in [1.82, 2.24) is 29.1 Å². The van der Waals surface area contributed by atoms with Crippen LogP contribution in [0.5, 0.6) is 5.75 Å². The summed E-state index contributed by atoms with van der Waals surface area (Å²) < 4.78 is 51.0. The number of nitrogens with zero attached hydrogens (tertiary/aromatic N) is 8. The van der Waals surface area contributed by atoms with Crippen molar-refractivity contribution in [2.24, 2.45) is 11.7 Å². The molecule has 3 aromatic carbocycles. The van der Waals surface area contributed by atoms with E-state index in [2.05, 4.69) is 37.1 Å². The Bertz CT molecular complexity index is 2100. The summed E-state index contributed by atoms with van der Waals surface area (Å²) in [4.78, 5) is 33.6. The number of hydrogen-bond acceptors (Lipinski definition) is 11. The van der Waals surface area contributed by atoms with Crippen molar-refractivity contribution in [3.63, 3.8) is 0 Å². The SMILES string of the molecule is CCC([C@H](C)OC(=O)CN)n1ncn(-c2ccc(N3CCN(c4ccc(OCC5CO[C@@](Cn6cncn6)(c6ccc(F)cc6F)C5)cc4)CC3)cc2)c1=O. The van der Waals surface area contributed by atoms with Crippen LogP contribution in [0.25, 0.3) is 5.69 Å². The van der Waals surface area contributed by atoms with Crippen LogP contribution in [-0.4, -0.2) is 87.1 Å². The molecular weight excluding hydrogens is 712 g/mol. The number of benzene rings is 3. The average molecular weight is 758 g/mol. The van der Waals surface area contributed by atoms with Crippen molar-refractivity contribution in [2.75, 3.05) is 55.7 Å². The highest BCUT2D eigenvalue weighted by Crippen LogP contribution is 2.42. The molecule has 0 aliphatic carbocycles. The summed E-state index contributed by atoms with van der Waals surface area (Å²) in [5, 5.41) is 8.51. The van der Waals surface area contributed by atoms with Gasteiger partial charge in [-0.2, -0.15) is 10.2 Å². The van der Waals surface area contributed by atoms with Gasteiger partial charge in [-0.1, -0.05) is 13.0 Å². The fourth-order valence-electron chi connectivity index (χ4n) is 7.56. The number of carbonyl (C=O) groups excluding carboxylic acids is 1. The minimum Gasteiger partial charge on any atom is -0.493 e. The Labute approximate surface area is 317 Å². The van der Waals surface area contributed by atoms with Gasteiger partial charge in [0.2, 0.25) is 0 Å².